The first-order valence-electron chi connectivity index (χ1n) is 7.81. The summed E-state index contributed by atoms with van der Waals surface area (Å²) in [6, 6.07) is 15.2. The van der Waals surface area contributed by atoms with Crippen LogP contribution in [0, 0.1) is 11.3 Å². The van der Waals surface area contributed by atoms with Crippen LogP contribution in [0.15, 0.2) is 48.5 Å². The molecule has 1 aromatic heterocycles. The standard InChI is InChI=1S/C19H13F3N4O/c1-26-16-8-3-2-7-15(16)25-17(26)13(11-23)9-12-5-4-6-14(10-12)24-18(27)19(20,21)22/h2-10H,1H3,(H,24,27). The van der Waals surface area contributed by atoms with Gasteiger partial charge in [0, 0.05) is 12.7 Å². The van der Waals surface area contributed by atoms with Gasteiger partial charge in [-0.25, -0.2) is 4.98 Å². The van der Waals surface area contributed by atoms with Crippen molar-refractivity contribution in [1.82, 2.24) is 9.55 Å². The number of nitrogens with zero attached hydrogens (tertiary/aromatic N) is 3. The zero-order valence-electron chi connectivity index (χ0n) is 14.1. The van der Waals surface area contributed by atoms with Gasteiger partial charge in [0.25, 0.3) is 0 Å². The second kappa shape index (κ2) is 6.96. The van der Waals surface area contributed by atoms with Gasteiger partial charge in [-0.2, -0.15) is 18.4 Å². The highest BCUT2D eigenvalue weighted by atomic mass is 19.4. The number of imidazole rings is 1. The molecule has 1 N–H and O–H groups in total. The molecule has 0 spiro atoms. The highest BCUT2D eigenvalue weighted by Crippen LogP contribution is 2.24. The van der Waals surface area contributed by atoms with Crippen molar-refractivity contribution >= 4 is 34.3 Å². The molecule has 3 rings (SSSR count). The third kappa shape index (κ3) is 3.82. The van der Waals surface area contributed by atoms with Gasteiger partial charge in [-0.05, 0) is 35.9 Å². The number of nitriles is 1. The summed E-state index contributed by atoms with van der Waals surface area (Å²) in [7, 11) is 1.77. The number of fused-ring (bicyclic) bond motifs is 1. The van der Waals surface area contributed by atoms with Gasteiger partial charge in [-0.3, -0.25) is 4.79 Å². The number of nitrogens with one attached hydrogen (secondary N) is 1. The lowest BCUT2D eigenvalue weighted by atomic mass is 10.1. The summed E-state index contributed by atoms with van der Waals surface area (Å²) >= 11 is 0. The lowest BCUT2D eigenvalue weighted by Crippen LogP contribution is -2.29. The number of hydrogen-bond donors (Lipinski definition) is 1. The first-order valence-corrected chi connectivity index (χ1v) is 7.81. The Morgan fingerprint density at radius 3 is 2.63 bits per heavy atom. The summed E-state index contributed by atoms with van der Waals surface area (Å²) in [5, 5.41) is 11.3. The number of allylic oxidation sites excluding steroid dienone is 1. The molecule has 0 radical (unpaired) electrons. The van der Waals surface area contributed by atoms with E-state index in [4.69, 9.17) is 0 Å². The fraction of sp³-hybridized carbons (Fsp3) is 0.105. The maximum atomic E-state index is 12.4. The quantitative estimate of drug-likeness (QED) is 0.705. The first-order chi connectivity index (χ1) is 12.8. The van der Waals surface area contributed by atoms with Crippen LogP contribution in [-0.4, -0.2) is 21.6 Å². The van der Waals surface area contributed by atoms with Crippen molar-refractivity contribution in [2.24, 2.45) is 7.05 Å². The van der Waals surface area contributed by atoms with Gasteiger partial charge in [-0.15, -0.1) is 0 Å². The van der Waals surface area contributed by atoms with E-state index >= 15 is 0 Å². The molecule has 8 heteroatoms. The van der Waals surface area contributed by atoms with Gasteiger partial charge in [0.2, 0.25) is 0 Å². The minimum atomic E-state index is -4.98. The van der Waals surface area contributed by atoms with Gasteiger partial charge in [-0.1, -0.05) is 24.3 Å². The monoisotopic (exact) mass is 370 g/mol. The van der Waals surface area contributed by atoms with E-state index in [1.54, 1.807) is 23.0 Å². The first kappa shape index (κ1) is 18.2. The average molecular weight is 370 g/mol. The average Bonchev–Trinajstić information content (AvgIpc) is 2.96. The summed E-state index contributed by atoms with van der Waals surface area (Å²) in [4.78, 5) is 15.5. The van der Waals surface area contributed by atoms with E-state index in [1.807, 2.05) is 24.3 Å². The molecule has 5 nitrogen and oxygen atoms in total. The number of amides is 1. The zero-order valence-corrected chi connectivity index (χ0v) is 14.1. The van der Waals surface area contributed by atoms with Gasteiger partial charge in [0.05, 0.1) is 16.6 Å². The minimum Gasteiger partial charge on any atom is -0.327 e. The van der Waals surface area contributed by atoms with E-state index in [-0.39, 0.29) is 11.3 Å². The Kier molecular flexibility index (Phi) is 4.69. The van der Waals surface area contributed by atoms with Crippen LogP contribution >= 0.6 is 0 Å². The highest BCUT2D eigenvalue weighted by molar-refractivity contribution is 5.96. The summed E-state index contributed by atoms with van der Waals surface area (Å²) in [5.41, 5.74) is 2.25. The number of benzene rings is 2. The molecule has 0 unspecified atom stereocenters. The van der Waals surface area contributed by atoms with E-state index in [1.165, 1.54) is 24.3 Å². The fourth-order valence-corrected chi connectivity index (χ4v) is 2.61. The number of aromatic nitrogens is 2. The predicted octanol–water partition coefficient (Wildman–Crippen LogP) is 4.14. The minimum absolute atomic E-state index is 0.0200. The van der Waals surface area contributed by atoms with Crippen LogP contribution in [0.4, 0.5) is 18.9 Å². The second-order valence-electron chi connectivity index (χ2n) is 5.73. The molecule has 0 saturated carbocycles. The van der Waals surface area contributed by atoms with Gasteiger partial charge in [0.1, 0.15) is 6.07 Å². The van der Waals surface area contributed by atoms with Crippen LogP contribution in [0.25, 0.3) is 22.7 Å². The maximum Gasteiger partial charge on any atom is 0.471 e. The number of halogens is 3. The molecular formula is C19H13F3N4O. The van der Waals surface area contributed by atoms with Crippen LogP contribution in [0.5, 0.6) is 0 Å². The van der Waals surface area contributed by atoms with Crippen LogP contribution in [0.1, 0.15) is 11.4 Å². The van der Waals surface area contributed by atoms with Crippen LogP contribution in [0.2, 0.25) is 0 Å². The Morgan fingerprint density at radius 2 is 1.96 bits per heavy atom. The number of anilines is 1. The molecule has 0 aliphatic rings. The molecule has 0 fully saturated rings. The molecule has 136 valence electrons. The Balaban J connectivity index is 1.97. The maximum absolute atomic E-state index is 12.4. The molecule has 0 atom stereocenters. The number of carbonyl (C=O) groups is 1. The SMILES string of the molecule is Cn1c(C(C#N)=Cc2cccc(NC(=O)C(F)(F)F)c2)nc2ccccc21. The van der Waals surface area contributed by atoms with Gasteiger partial charge < -0.3 is 9.88 Å². The Bertz CT molecular complexity index is 1090. The molecule has 0 bridgehead atoms. The molecule has 0 saturated heterocycles. The van der Waals surface area contributed by atoms with Gasteiger partial charge in [0.15, 0.2) is 5.82 Å². The van der Waals surface area contributed by atoms with Crippen molar-refractivity contribution in [2.75, 3.05) is 5.32 Å². The van der Waals surface area contributed by atoms with Crippen molar-refractivity contribution < 1.29 is 18.0 Å². The van der Waals surface area contributed by atoms with Crippen molar-refractivity contribution in [2.45, 2.75) is 6.18 Å². The molecule has 2 aromatic carbocycles. The number of carbonyl (C=O) groups excluding carboxylic acids is 1. The van der Waals surface area contributed by atoms with E-state index in [0.29, 0.717) is 11.4 Å². The Hall–Kier alpha value is -3.60. The summed E-state index contributed by atoms with van der Waals surface area (Å²) in [5.74, 6) is -1.62. The van der Waals surface area contributed by atoms with Crippen LogP contribution < -0.4 is 5.32 Å². The highest BCUT2D eigenvalue weighted by Gasteiger charge is 2.38. The smallest absolute Gasteiger partial charge is 0.327 e. The third-order valence-electron chi connectivity index (χ3n) is 3.86. The Morgan fingerprint density at radius 1 is 1.22 bits per heavy atom. The molecule has 1 amide bonds. The van der Waals surface area contributed by atoms with E-state index in [9.17, 15) is 23.2 Å². The van der Waals surface area contributed by atoms with E-state index in [2.05, 4.69) is 11.1 Å². The van der Waals surface area contributed by atoms with Gasteiger partial charge >= 0.3 is 12.1 Å². The summed E-state index contributed by atoms with van der Waals surface area (Å²) < 4.78 is 38.9. The molecule has 27 heavy (non-hydrogen) atoms. The molecule has 0 aliphatic heterocycles. The largest absolute Gasteiger partial charge is 0.471 e. The van der Waals surface area contributed by atoms with Crippen molar-refractivity contribution in [3.8, 4) is 6.07 Å². The zero-order chi connectivity index (χ0) is 19.6. The number of alkyl halides is 3. The van der Waals surface area contributed by atoms with Crippen molar-refractivity contribution in [1.29, 1.82) is 5.26 Å². The Labute approximate surface area is 152 Å². The summed E-state index contributed by atoms with van der Waals surface area (Å²) in [6.45, 7) is 0. The lowest BCUT2D eigenvalue weighted by molar-refractivity contribution is -0.167. The topological polar surface area (TPSA) is 70.7 Å². The van der Waals surface area contributed by atoms with Crippen LogP contribution in [-0.2, 0) is 11.8 Å². The number of rotatable bonds is 3. The number of para-hydroxylation sites is 2. The molecule has 1 heterocycles. The normalized spacial score (nSPS) is 12.0. The fourth-order valence-electron chi connectivity index (χ4n) is 2.61. The lowest BCUT2D eigenvalue weighted by Gasteiger charge is -2.08. The van der Waals surface area contributed by atoms with Crippen molar-refractivity contribution in [3.63, 3.8) is 0 Å². The number of hydrogen-bond acceptors (Lipinski definition) is 3. The van der Waals surface area contributed by atoms with E-state index in [0.717, 1.165) is 11.0 Å². The second-order valence-corrected chi connectivity index (χ2v) is 5.73. The predicted molar refractivity (Wildman–Crippen MR) is 95.3 cm³/mol. The molecule has 3 aromatic rings. The molecule has 0 aliphatic carbocycles. The third-order valence-corrected chi connectivity index (χ3v) is 3.86. The van der Waals surface area contributed by atoms with E-state index < -0.39 is 12.1 Å². The van der Waals surface area contributed by atoms with Crippen molar-refractivity contribution in [3.05, 3.63) is 59.9 Å². The van der Waals surface area contributed by atoms with Crippen LogP contribution in [0.3, 0.4) is 0 Å². The number of aryl methyl sites for hydroxylation is 1. The molecular weight excluding hydrogens is 357 g/mol. The summed E-state index contributed by atoms with van der Waals surface area (Å²) in [6.07, 6.45) is -3.47.